The lowest BCUT2D eigenvalue weighted by Crippen LogP contribution is -2.44. The Labute approximate surface area is 197 Å². The van der Waals surface area contributed by atoms with Crippen molar-refractivity contribution in [3.63, 3.8) is 0 Å². The fourth-order valence-electron chi connectivity index (χ4n) is 2.38. The minimum absolute atomic E-state index is 0.0373. The molecule has 1 aromatic heterocycles. The lowest BCUT2D eigenvalue weighted by atomic mass is 10.1. The number of nitrogens with zero attached hydrogens (tertiary/aromatic N) is 3. The van der Waals surface area contributed by atoms with E-state index in [1.165, 1.54) is 11.8 Å². The number of thioether (sulfide) groups is 1. The molecule has 1 heterocycles. The molecular formula is C21H28N6O3S2. The number of thiocarbonyl (C=S) groups is 1. The normalized spacial score (nSPS) is 11.2. The van der Waals surface area contributed by atoms with E-state index in [-0.39, 0.29) is 23.7 Å². The topological polar surface area (TPSA) is 114 Å². The summed E-state index contributed by atoms with van der Waals surface area (Å²) in [6.07, 6.45) is -0.0373. The van der Waals surface area contributed by atoms with Gasteiger partial charge in [-0.3, -0.25) is 15.6 Å². The van der Waals surface area contributed by atoms with Crippen LogP contribution in [0, 0.1) is 13.8 Å². The summed E-state index contributed by atoms with van der Waals surface area (Å²) in [4.78, 5) is 21.5. The van der Waals surface area contributed by atoms with Crippen LogP contribution in [0.5, 0.6) is 0 Å². The number of aryl methyl sites for hydroxylation is 2. The van der Waals surface area contributed by atoms with Crippen LogP contribution in [-0.2, 0) is 15.4 Å². The first-order valence-corrected chi connectivity index (χ1v) is 11.5. The van der Waals surface area contributed by atoms with Crippen LogP contribution < -0.4 is 16.2 Å². The molecular weight excluding hydrogens is 448 g/mol. The van der Waals surface area contributed by atoms with Crippen LogP contribution in [0.3, 0.4) is 0 Å². The van der Waals surface area contributed by atoms with Crippen molar-refractivity contribution in [1.29, 1.82) is 0 Å². The maximum absolute atomic E-state index is 12.1. The van der Waals surface area contributed by atoms with Crippen LogP contribution in [0.4, 0.5) is 5.69 Å². The molecule has 0 aliphatic carbocycles. The molecule has 0 bridgehead atoms. The predicted molar refractivity (Wildman–Crippen MR) is 132 cm³/mol. The van der Waals surface area contributed by atoms with E-state index in [1.807, 2.05) is 45.9 Å². The second-order valence-corrected chi connectivity index (χ2v) is 8.61. The highest BCUT2D eigenvalue weighted by Gasteiger charge is 2.14. The van der Waals surface area contributed by atoms with Crippen molar-refractivity contribution in [3.05, 3.63) is 47.6 Å². The van der Waals surface area contributed by atoms with Gasteiger partial charge < -0.3 is 14.7 Å². The number of nitrogens with one attached hydrogen (secondary N) is 3. The summed E-state index contributed by atoms with van der Waals surface area (Å²) in [5.74, 6) is 1.07. The van der Waals surface area contributed by atoms with Gasteiger partial charge in [-0.25, -0.2) is 0 Å². The summed E-state index contributed by atoms with van der Waals surface area (Å²) in [6.45, 7) is 13.4. The van der Waals surface area contributed by atoms with E-state index in [2.05, 4.69) is 38.0 Å². The molecule has 172 valence electrons. The number of hydrogen-bond donors (Lipinski definition) is 3. The molecule has 2 rings (SSSR count). The number of oxime groups is 1. The first kappa shape index (κ1) is 25.3. The van der Waals surface area contributed by atoms with E-state index in [9.17, 15) is 4.79 Å². The Balaban J connectivity index is 1.74. The molecule has 2 aromatic rings. The zero-order valence-electron chi connectivity index (χ0n) is 18.8. The molecule has 32 heavy (non-hydrogen) atoms. The molecule has 0 spiro atoms. The predicted octanol–water partition coefficient (Wildman–Crippen LogP) is 3.75. The van der Waals surface area contributed by atoms with Crippen LogP contribution in [0.25, 0.3) is 5.57 Å². The van der Waals surface area contributed by atoms with Gasteiger partial charge in [0.1, 0.15) is 6.10 Å². The van der Waals surface area contributed by atoms with Crippen molar-refractivity contribution in [1.82, 2.24) is 21.0 Å². The van der Waals surface area contributed by atoms with E-state index < -0.39 is 0 Å². The minimum atomic E-state index is -0.234. The zero-order chi connectivity index (χ0) is 23.7. The van der Waals surface area contributed by atoms with Gasteiger partial charge in [0, 0.05) is 5.69 Å². The molecule has 0 aliphatic rings. The van der Waals surface area contributed by atoms with E-state index in [4.69, 9.17) is 21.6 Å². The molecule has 0 fully saturated rings. The second kappa shape index (κ2) is 12.2. The van der Waals surface area contributed by atoms with Gasteiger partial charge in [0.2, 0.25) is 5.91 Å². The smallest absolute Gasteiger partial charge is 0.259 e. The number of carbonyl (C=O) groups excluding carboxylic acids is 1. The van der Waals surface area contributed by atoms with Gasteiger partial charge in [-0.15, -0.1) is 11.8 Å². The lowest BCUT2D eigenvalue weighted by Gasteiger charge is -2.15. The summed E-state index contributed by atoms with van der Waals surface area (Å²) in [6, 6.07) is 5.95. The van der Waals surface area contributed by atoms with Crippen LogP contribution in [0.15, 0.2) is 34.5 Å². The van der Waals surface area contributed by atoms with Crippen LogP contribution in [-0.4, -0.2) is 38.7 Å². The SMILES string of the molecule is C=C(/C(C)=N\OC(C)C)c1nc(CSCC(=O)NNC(=S)Nc2c(C)cccc2C)no1. The first-order chi connectivity index (χ1) is 15.2. The molecule has 0 radical (unpaired) electrons. The highest BCUT2D eigenvalue weighted by Crippen LogP contribution is 2.19. The van der Waals surface area contributed by atoms with Gasteiger partial charge in [0.15, 0.2) is 10.9 Å². The van der Waals surface area contributed by atoms with Gasteiger partial charge >= 0.3 is 0 Å². The number of hydrazine groups is 1. The Kier molecular flexibility index (Phi) is 9.66. The number of benzene rings is 1. The monoisotopic (exact) mass is 476 g/mol. The largest absolute Gasteiger partial charge is 0.393 e. The highest BCUT2D eigenvalue weighted by molar-refractivity contribution is 7.99. The van der Waals surface area contributed by atoms with Gasteiger partial charge in [-0.1, -0.05) is 35.1 Å². The maximum atomic E-state index is 12.1. The zero-order valence-corrected chi connectivity index (χ0v) is 20.4. The van der Waals surface area contributed by atoms with Gasteiger partial charge in [-0.2, -0.15) is 4.98 Å². The molecule has 11 heteroatoms. The first-order valence-electron chi connectivity index (χ1n) is 9.89. The summed E-state index contributed by atoms with van der Waals surface area (Å²) in [5.41, 5.74) is 9.35. The van der Waals surface area contributed by atoms with Crippen LogP contribution in [0.2, 0.25) is 0 Å². The highest BCUT2D eigenvalue weighted by atomic mass is 32.2. The van der Waals surface area contributed by atoms with Crippen molar-refractivity contribution in [3.8, 4) is 0 Å². The summed E-state index contributed by atoms with van der Waals surface area (Å²) < 4.78 is 5.22. The van der Waals surface area contributed by atoms with E-state index in [1.54, 1.807) is 6.92 Å². The molecule has 0 atom stereocenters. The quantitative estimate of drug-likeness (QED) is 0.283. The minimum Gasteiger partial charge on any atom is -0.393 e. The molecule has 0 unspecified atom stereocenters. The standard InChI is InChI=1S/C21H28N6O3S2/c1-12(2)29-26-16(6)15(5)20-22-17(27-30-20)10-32-11-18(28)24-25-21(31)23-19-13(3)8-7-9-14(19)4/h7-9,12H,5,10-11H2,1-4,6H3,(H,24,28)(H2,23,25,31)/b26-16-. The number of anilines is 1. The number of carbonyl (C=O) groups is 1. The Bertz CT molecular complexity index is 983. The molecule has 1 amide bonds. The number of para-hydroxylation sites is 1. The van der Waals surface area contributed by atoms with E-state index in [0.29, 0.717) is 28.0 Å². The summed E-state index contributed by atoms with van der Waals surface area (Å²) >= 11 is 6.58. The average Bonchev–Trinajstić information content (AvgIpc) is 3.21. The van der Waals surface area contributed by atoms with Crippen molar-refractivity contribution in [2.24, 2.45) is 5.16 Å². The number of aromatic nitrogens is 2. The van der Waals surface area contributed by atoms with Crippen molar-refractivity contribution in [2.75, 3.05) is 11.1 Å². The Morgan fingerprint density at radius 3 is 2.66 bits per heavy atom. The van der Waals surface area contributed by atoms with Crippen molar-refractivity contribution >= 4 is 52.0 Å². The number of rotatable bonds is 9. The average molecular weight is 477 g/mol. The fourth-order valence-corrected chi connectivity index (χ4v) is 3.20. The third-order valence-electron chi connectivity index (χ3n) is 4.06. The van der Waals surface area contributed by atoms with Gasteiger partial charge in [0.05, 0.1) is 22.8 Å². The molecule has 0 saturated carbocycles. The van der Waals surface area contributed by atoms with Gasteiger partial charge in [-0.05, 0) is 58.0 Å². The fraction of sp³-hybridized carbons (Fsp3) is 0.381. The molecule has 0 aliphatic heterocycles. The molecule has 1 aromatic carbocycles. The van der Waals surface area contributed by atoms with Gasteiger partial charge in [0.25, 0.3) is 5.89 Å². The Morgan fingerprint density at radius 1 is 1.31 bits per heavy atom. The maximum Gasteiger partial charge on any atom is 0.259 e. The number of hydrogen-bond acceptors (Lipinski definition) is 8. The van der Waals surface area contributed by atoms with Crippen molar-refractivity contribution < 1.29 is 14.2 Å². The van der Waals surface area contributed by atoms with E-state index >= 15 is 0 Å². The molecule has 0 saturated heterocycles. The second-order valence-electron chi connectivity index (χ2n) is 7.21. The Hall–Kier alpha value is -2.92. The van der Waals surface area contributed by atoms with Crippen LogP contribution >= 0.6 is 24.0 Å². The van der Waals surface area contributed by atoms with Crippen LogP contribution in [0.1, 0.15) is 43.6 Å². The third-order valence-corrected chi connectivity index (χ3v) is 5.20. The molecule has 9 nitrogen and oxygen atoms in total. The Morgan fingerprint density at radius 2 is 2.00 bits per heavy atom. The lowest BCUT2D eigenvalue weighted by molar-refractivity contribution is -0.119. The number of allylic oxidation sites excluding steroid dienone is 1. The molecule has 3 N–H and O–H groups in total. The van der Waals surface area contributed by atoms with E-state index in [0.717, 1.165) is 16.8 Å². The van der Waals surface area contributed by atoms with Crippen molar-refractivity contribution in [2.45, 2.75) is 46.5 Å². The summed E-state index contributed by atoms with van der Waals surface area (Å²) in [5, 5.41) is 11.3. The number of amides is 1. The third kappa shape index (κ3) is 7.97. The summed E-state index contributed by atoms with van der Waals surface area (Å²) in [7, 11) is 0.